The molecule has 4 heteroatoms. The molecule has 0 radical (unpaired) electrons. The fourth-order valence-corrected chi connectivity index (χ4v) is 8.89. The summed E-state index contributed by atoms with van der Waals surface area (Å²) in [5, 5.41) is 0. The molecule has 0 amide bonds. The number of fused-ring (bicyclic) bond motifs is 5. The highest BCUT2D eigenvalue weighted by Crippen LogP contribution is 2.64. The molecule has 0 saturated heterocycles. The largest absolute Gasteiger partial charge is 0.508 e. The van der Waals surface area contributed by atoms with E-state index in [2.05, 4.69) is 13.8 Å². The predicted molar refractivity (Wildman–Crippen MR) is 149 cm³/mol. The monoisotopic (exact) mass is 514 g/mol. The first-order valence-electron chi connectivity index (χ1n) is 16.0. The molecule has 0 aromatic carbocycles. The molecule has 4 nitrogen and oxygen atoms in total. The van der Waals surface area contributed by atoms with Crippen LogP contribution in [0.2, 0.25) is 0 Å². The number of carbonyl (C=O) groups is 2. The third-order valence-electron chi connectivity index (χ3n) is 10.6. The minimum atomic E-state index is -0.485. The van der Waals surface area contributed by atoms with E-state index >= 15 is 0 Å². The molecule has 4 aliphatic rings. The van der Waals surface area contributed by atoms with Gasteiger partial charge >= 0.3 is 6.16 Å². The zero-order valence-corrected chi connectivity index (χ0v) is 23.9. The van der Waals surface area contributed by atoms with Crippen LogP contribution in [0.15, 0.2) is 11.6 Å². The number of unbranched alkanes of at least 4 members (excludes halogenated alkanes) is 9. The average Bonchev–Trinajstić information content (AvgIpc) is 3.28. The van der Waals surface area contributed by atoms with E-state index in [1.807, 2.05) is 6.08 Å². The van der Waals surface area contributed by atoms with Crippen molar-refractivity contribution in [2.45, 2.75) is 136 Å². The van der Waals surface area contributed by atoms with Crippen LogP contribution in [0.25, 0.3) is 0 Å². The molecule has 0 unspecified atom stereocenters. The van der Waals surface area contributed by atoms with Gasteiger partial charge in [0.2, 0.25) is 0 Å². The second kappa shape index (κ2) is 14.2. The summed E-state index contributed by atoms with van der Waals surface area (Å²) in [6, 6.07) is 0. The zero-order valence-electron chi connectivity index (χ0n) is 23.9. The standard InChI is InChI=1S/C33H54O4/c1-3-4-5-6-7-8-9-10-11-12-21-36-32(35)37-22-19-26-24-33(2)20-13-14-30(33)29-17-15-25-23-27(34)16-18-28(25)31(26)29/h23,26,28-31H,3-22,24H2,1-2H3/t26-,28-,29-,30-,31+,33-/m0/s1. The molecule has 0 spiro atoms. The van der Waals surface area contributed by atoms with E-state index in [-0.39, 0.29) is 0 Å². The van der Waals surface area contributed by atoms with Gasteiger partial charge in [0.15, 0.2) is 5.78 Å². The van der Waals surface area contributed by atoms with Crippen LogP contribution in [-0.2, 0) is 14.3 Å². The quantitative estimate of drug-likeness (QED) is 0.171. The van der Waals surface area contributed by atoms with Crippen molar-refractivity contribution in [3.05, 3.63) is 11.6 Å². The van der Waals surface area contributed by atoms with Crippen LogP contribution in [0, 0.1) is 35.0 Å². The Kier molecular flexibility index (Phi) is 11.0. The molecule has 0 bridgehead atoms. The molecular weight excluding hydrogens is 460 g/mol. The fraction of sp³-hybridized carbons (Fsp3) is 0.879. The highest BCUT2D eigenvalue weighted by atomic mass is 16.7. The van der Waals surface area contributed by atoms with Gasteiger partial charge in [-0.15, -0.1) is 0 Å². The van der Waals surface area contributed by atoms with Crippen molar-refractivity contribution >= 4 is 11.9 Å². The summed E-state index contributed by atoms with van der Waals surface area (Å²) >= 11 is 0. The molecule has 37 heavy (non-hydrogen) atoms. The molecule has 3 fully saturated rings. The number of ketones is 1. The summed E-state index contributed by atoms with van der Waals surface area (Å²) in [5.74, 6) is 3.78. The van der Waals surface area contributed by atoms with Crippen molar-refractivity contribution in [1.82, 2.24) is 0 Å². The second-order valence-corrected chi connectivity index (χ2v) is 13.1. The molecular formula is C33H54O4. The fourth-order valence-electron chi connectivity index (χ4n) is 8.89. The number of allylic oxidation sites excluding steroid dienone is 1. The molecule has 3 saturated carbocycles. The molecule has 0 aromatic heterocycles. The van der Waals surface area contributed by atoms with Gasteiger partial charge in [-0.3, -0.25) is 4.79 Å². The van der Waals surface area contributed by atoms with Crippen LogP contribution in [0.1, 0.15) is 136 Å². The van der Waals surface area contributed by atoms with Crippen molar-refractivity contribution in [1.29, 1.82) is 0 Å². The van der Waals surface area contributed by atoms with Gasteiger partial charge in [0.25, 0.3) is 0 Å². The normalized spacial score (nSPS) is 32.8. The van der Waals surface area contributed by atoms with Gasteiger partial charge in [0.1, 0.15) is 0 Å². The van der Waals surface area contributed by atoms with Gasteiger partial charge in [-0.05, 0) is 92.4 Å². The smallest absolute Gasteiger partial charge is 0.434 e. The summed E-state index contributed by atoms with van der Waals surface area (Å²) in [6.07, 6.45) is 24.7. The van der Waals surface area contributed by atoms with Crippen molar-refractivity contribution in [3.8, 4) is 0 Å². The summed E-state index contributed by atoms with van der Waals surface area (Å²) in [5.41, 5.74) is 1.88. The van der Waals surface area contributed by atoms with Crippen molar-refractivity contribution in [2.24, 2.45) is 35.0 Å². The zero-order chi connectivity index (χ0) is 26.1. The minimum Gasteiger partial charge on any atom is -0.434 e. The van der Waals surface area contributed by atoms with E-state index < -0.39 is 6.16 Å². The van der Waals surface area contributed by atoms with Crippen LogP contribution in [0.5, 0.6) is 0 Å². The topological polar surface area (TPSA) is 52.6 Å². The van der Waals surface area contributed by atoms with Gasteiger partial charge in [-0.1, -0.05) is 83.6 Å². The third kappa shape index (κ3) is 7.63. The minimum absolute atomic E-state index is 0.330. The Morgan fingerprint density at radius 1 is 0.919 bits per heavy atom. The molecule has 0 N–H and O–H groups in total. The van der Waals surface area contributed by atoms with Gasteiger partial charge in [0, 0.05) is 6.42 Å². The number of ether oxygens (including phenoxy) is 2. The Balaban J connectivity index is 1.16. The first-order valence-corrected chi connectivity index (χ1v) is 16.0. The Morgan fingerprint density at radius 3 is 2.38 bits per heavy atom. The third-order valence-corrected chi connectivity index (χ3v) is 10.6. The van der Waals surface area contributed by atoms with Gasteiger partial charge in [-0.2, -0.15) is 0 Å². The molecule has 0 heterocycles. The van der Waals surface area contributed by atoms with E-state index in [4.69, 9.17) is 9.47 Å². The van der Waals surface area contributed by atoms with E-state index in [0.717, 1.165) is 43.9 Å². The number of hydrogen-bond acceptors (Lipinski definition) is 4. The van der Waals surface area contributed by atoms with E-state index in [1.165, 1.54) is 89.0 Å². The maximum atomic E-state index is 12.2. The molecule has 4 aliphatic carbocycles. The lowest BCUT2D eigenvalue weighted by molar-refractivity contribution is -0.116. The SMILES string of the molecule is CCCCCCCCCCCCOC(=O)OCC[C@H]1C[C@]2(C)CCC[C@H]2[C@@H]2CCC3=CC(=O)CC[C@@H]3[C@@H]12. The Morgan fingerprint density at radius 2 is 1.62 bits per heavy atom. The molecule has 0 aliphatic heterocycles. The maximum Gasteiger partial charge on any atom is 0.508 e. The average molecular weight is 515 g/mol. The van der Waals surface area contributed by atoms with Crippen LogP contribution in [0.3, 0.4) is 0 Å². The molecule has 0 aromatic rings. The van der Waals surface area contributed by atoms with Crippen LogP contribution in [-0.4, -0.2) is 25.2 Å². The van der Waals surface area contributed by atoms with Gasteiger partial charge in [0.05, 0.1) is 13.2 Å². The van der Waals surface area contributed by atoms with Crippen molar-refractivity contribution < 1.29 is 19.1 Å². The van der Waals surface area contributed by atoms with Gasteiger partial charge in [-0.25, -0.2) is 4.79 Å². The van der Waals surface area contributed by atoms with Crippen molar-refractivity contribution in [3.63, 3.8) is 0 Å². The number of hydrogen-bond donors (Lipinski definition) is 0. The van der Waals surface area contributed by atoms with E-state index in [1.54, 1.807) is 0 Å². The van der Waals surface area contributed by atoms with Crippen molar-refractivity contribution in [2.75, 3.05) is 13.2 Å². The Hall–Kier alpha value is -1.32. The lowest BCUT2D eigenvalue weighted by Gasteiger charge is -2.56. The molecule has 6 atom stereocenters. The van der Waals surface area contributed by atoms with Crippen LogP contribution in [0.4, 0.5) is 4.79 Å². The van der Waals surface area contributed by atoms with Crippen LogP contribution < -0.4 is 0 Å². The predicted octanol–water partition coefficient (Wildman–Crippen LogP) is 9.21. The second-order valence-electron chi connectivity index (χ2n) is 13.1. The number of rotatable bonds is 14. The lowest BCUT2D eigenvalue weighted by Crippen LogP contribution is -2.49. The molecule has 210 valence electrons. The first kappa shape index (κ1) is 28.7. The summed E-state index contributed by atoms with van der Waals surface area (Å²) in [6.45, 7) is 5.74. The van der Waals surface area contributed by atoms with Crippen LogP contribution >= 0.6 is 0 Å². The highest BCUT2D eigenvalue weighted by molar-refractivity contribution is 5.91. The van der Waals surface area contributed by atoms with Gasteiger partial charge < -0.3 is 9.47 Å². The summed E-state index contributed by atoms with van der Waals surface area (Å²) in [4.78, 5) is 24.4. The summed E-state index contributed by atoms with van der Waals surface area (Å²) < 4.78 is 11.0. The highest BCUT2D eigenvalue weighted by Gasteiger charge is 2.55. The Bertz CT molecular complexity index is 772. The van der Waals surface area contributed by atoms with E-state index in [9.17, 15) is 9.59 Å². The lowest BCUT2D eigenvalue weighted by atomic mass is 9.49. The first-order chi connectivity index (χ1) is 18.0. The molecule has 4 rings (SSSR count). The van der Waals surface area contributed by atoms with E-state index in [0.29, 0.717) is 48.6 Å². The Labute approximate surface area is 226 Å². The maximum absolute atomic E-state index is 12.2. The summed E-state index contributed by atoms with van der Waals surface area (Å²) in [7, 11) is 0. The number of carbonyl (C=O) groups excluding carboxylic acids is 2.